The molecule has 0 radical (unpaired) electrons. The van der Waals surface area contributed by atoms with Crippen molar-refractivity contribution in [2.24, 2.45) is 0 Å². The number of carbonyl (C=O) groups is 1. The van der Waals surface area contributed by atoms with Crippen LogP contribution in [0.4, 0.5) is 5.69 Å². The van der Waals surface area contributed by atoms with Gasteiger partial charge in [-0.25, -0.2) is 0 Å². The second-order valence-corrected chi connectivity index (χ2v) is 2.57. The third-order valence-corrected chi connectivity index (χ3v) is 1.65. The van der Waals surface area contributed by atoms with Crippen molar-refractivity contribution in [3.63, 3.8) is 0 Å². The fraction of sp³-hybridized carbons (Fsp3) is 0.500. The lowest BCUT2D eigenvalue weighted by atomic mass is 10.3. The summed E-state index contributed by atoms with van der Waals surface area (Å²) in [6.45, 7) is 2.23. The lowest BCUT2D eigenvalue weighted by molar-refractivity contribution is -0.119. The molecule has 1 aromatic heterocycles. The van der Waals surface area contributed by atoms with Crippen LogP contribution in [-0.4, -0.2) is 22.6 Å². The molecule has 0 aliphatic carbocycles. The Labute approximate surface area is 71.6 Å². The molecule has 0 saturated carbocycles. The summed E-state index contributed by atoms with van der Waals surface area (Å²) in [6.07, 6.45) is 4.07. The summed E-state index contributed by atoms with van der Waals surface area (Å²) in [4.78, 5) is 11.0. The lowest BCUT2D eigenvalue weighted by Gasteiger charge is -1.96. The van der Waals surface area contributed by atoms with Crippen molar-refractivity contribution in [1.82, 2.24) is 9.78 Å². The van der Waals surface area contributed by atoms with Crippen molar-refractivity contribution in [1.29, 1.82) is 0 Å². The largest absolute Gasteiger partial charge is 0.386 e. The van der Waals surface area contributed by atoms with Crippen LogP contribution >= 0.6 is 0 Å². The molecule has 1 aromatic rings. The molecule has 0 bridgehead atoms. The van der Waals surface area contributed by atoms with E-state index in [1.807, 2.05) is 20.2 Å². The minimum Gasteiger partial charge on any atom is -0.386 e. The SMILES string of the molecule is CCC(=O)Cn1cc(NC)cn1. The average molecular weight is 167 g/mol. The smallest absolute Gasteiger partial charge is 0.154 e. The van der Waals surface area contributed by atoms with E-state index in [1.165, 1.54) is 0 Å². The van der Waals surface area contributed by atoms with Crippen molar-refractivity contribution < 1.29 is 4.79 Å². The molecular weight excluding hydrogens is 154 g/mol. The van der Waals surface area contributed by atoms with Crippen molar-refractivity contribution in [3.8, 4) is 0 Å². The van der Waals surface area contributed by atoms with E-state index < -0.39 is 0 Å². The molecule has 0 saturated heterocycles. The second-order valence-electron chi connectivity index (χ2n) is 2.57. The molecule has 0 aliphatic rings. The molecule has 0 aliphatic heterocycles. The van der Waals surface area contributed by atoms with Gasteiger partial charge >= 0.3 is 0 Å². The highest BCUT2D eigenvalue weighted by Gasteiger charge is 2.00. The van der Waals surface area contributed by atoms with Crippen LogP contribution in [0.25, 0.3) is 0 Å². The zero-order chi connectivity index (χ0) is 8.97. The maximum absolute atomic E-state index is 11.0. The molecule has 66 valence electrons. The quantitative estimate of drug-likeness (QED) is 0.724. The highest BCUT2D eigenvalue weighted by molar-refractivity contribution is 5.77. The Hall–Kier alpha value is -1.32. The molecule has 0 atom stereocenters. The van der Waals surface area contributed by atoms with E-state index in [-0.39, 0.29) is 5.78 Å². The molecule has 4 nitrogen and oxygen atoms in total. The van der Waals surface area contributed by atoms with Gasteiger partial charge in [0.2, 0.25) is 0 Å². The van der Waals surface area contributed by atoms with Crippen LogP contribution in [0.1, 0.15) is 13.3 Å². The number of aromatic nitrogens is 2. The van der Waals surface area contributed by atoms with Crippen molar-refractivity contribution >= 4 is 11.5 Å². The minimum absolute atomic E-state index is 0.195. The molecule has 1 N–H and O–H groups in total. The molecule has 0 unspecified atom stereocenters. The maximum atomic E-state index is 11.0. The Balaban J connectivity index is 2.58. The van der Waals surface area contributed by atoms with Gasteiger partial charge < -0.3 is 5.32 Å². The summed E-state index contributed by atoms with van der Waals surface area (Å²) in [5.41, 5.74) is 0.930. The van der Waals surface area contributed by atoms with Gasteiger partial charge in [-0.3, -0.25) is 9.48 Å². The number of Topliss-reactive ketones (excluding diaryl/α,β-unsaturated/α-hetero) is 1. The first-order chi connectivity index (χ1) is 5.76. The monoisotopic (exact) mass is 167 g/mol. The van der Waals surface area contributed by atoms with Gasteiger partial charge in [-0.2, -0.15) is 5.10 Å². The Kier molecular flexibility index (Phi) is 2.85. The second kappa shape index (κ2) is 3.90. The molecule has 4 heteroatoms. The van der Waals surface area contributed by atoms with Crippen LogP contribution in [0.15, 0.2) is 12.4 Å². The summed E-state index contributed by atoms with van der Waals surface area (Å²) in [5, 5.41) is 6.95. The zero-order valence-electron chi connectivity index (χ0n) is 7.37. The lowest BCUT2D eigenvalue weighted by Crippen LogP contribution is -2.08. The normalized spacial score (nSPS) is 9.83. The van der Waals surface area contributed by atoms with Gasteiger partial charge in [0.1, 0.15) is 0 Å². The first-order valence-corrected chi connectivity index (χ1v) is 3.98. The first-order valence-electron chi connectivity index (χ1n) is 3.98. The van der Waals surface area contributed by atoms with E-state index in [0.29, 0.717) is 13.0 Å². The number of nitrogens with one attached hydrogen (secondary N) is 1. The van der Waals surface area contributed by atoms with E-state index in [1.54, 1.807) is 10.9 Å². The first kappa shape index (κ1) is 8.77. The average Bonchev–Trinajstić information content (AvgIpc) is 2.52. The molecule has 12 heavy (non-hydrogen) atoms. The van der Waals surface area contributed by atoms with Crippen LogP contribution in [-0.2, 0) is 11.3 Å². The van der Waals surface area contributed by atoms with Crippen LogP contribution in [0, 0.1) is 0 Å². The summed E-state index contributed by atoms with van der Waals surface area (Å²) in [7, 11) is 1.82. The van der Waals surface area contributed by atoms with Crippen LogP contribution in [0.5, 0.6) is 0 Å². The molecule has 1 rings (SSSR count). The van der Waals surface area contributed by atoms with E-state index in [9.17, 15) is 4.79 Å². The molecule has 0 fully saturated rings. The molecule has 0 aromatic carbocycles. The highest BCUT2D eigenvalue weighted by atomic mass is 16.1. The third kappa shape index (κ3) is 2.08. The number of nitrogens with zero attached hydrogens (tertiary/aromatic N) is 2. The van der Waals surface area contributed by atoms with Crippen molar-refractivity contribution in [3.05, 3.63) is 12.4 Å². The molecule has 1 heterocycles. The fourth-order valence-corrected chi connectivity index (χ4v) is 0.872. The van der Waals surface area contributed by atoms with Gasteiger partial charge in [-0.05, 0) is 0 Å². The predicted octanol–water partition coefficient (Wildman–Crippen LogP) is 0.904. The van der Waals surface area contributed by atoms with Gasteiger partial charge in [-0.15, -0.1) is 0 Å². The van der Waals surface area contributed by atoms with E-state index >= 15 is 0 Å². The Morgan fingerprint density at radius 3 is 3.00 bits per heavy atom. The molecule has 0 amide bonds. The van der Waals surface area contributed by atoms with E-state index in [4.69, 9.17) is 0 Å². The van der Waals surface area contributed by atoms with Crippen LogP contribution in [0.2, 0.25) is 0 Å². The number of hydrogen-bond acceptors (Lipinski definition) is 3. The Morgan fingerprint density at radius 2 is 2.50 bits per heavy atom. The van der Waals surface area contributed by atoms with Crippen molar-refractivity contribution in [2.45, 2.75) is 19.9 Å². The summed E-state index contributed by atoms with van der Waals surface area (Å²) >= 11 is 0. The molecule has 0 spiro atoms. The highest BCUT2D eigenvalue weighted by Crippen LogP contribution is 2.02. The minimum atomic E-state index is 0.195. The number of ketones is 1. The van der Waals surface area contributed by atoms with Gasteiger partial charge in [-0.1, -0.05) is 6.92 Å². The van der Waals surface area contributed by atoms with E-state index in [2.05, 4.69) is 10.4 Å². The summed E-state index contributed by atoms with van der Waals surface area (Å²) in [6, 6.07) is 0. The van der Waals surface area contributed by atoms with Gasteiger partial charge in [0.25, 0.3) is 0 Å². The topological polar surface area (TPSA) is 46.9 Å². The van der Waals surface area contributed by atoms with Crippen LogP contribution in [0.3, 0.4) is 0 Å². The van der Waals surface area contributed by atoms with Crippen LogP contribution < -0.4 is 5.32 Å². The fourth-order valence-electron chi connectivity index (χ4n) is 0.872. The number of anilines is 1. The summed E-state index contributed by atoms with van der Waals surface area (Å²) < 4.78 is 1.64. The number of carbonyl (C=O) groups excluding carboxylic acids is 1. The predicted molar refractivity (Wildman–Crippen MR) is 47.1 cm³/mol. The maximum Gasteiger partial charge on any atom is 0.154 e. The van der Waals surface area contributed by atoms with Gasteiger partial charge in [0.15, 0.2) is 5.78 Å². The zero-order valence-corrected chi connectivity index (χ0v) is 7.37. The standard InChI is InChI=1S/C8H13N3O/c1-3-8(12)6-11-5-7(9-2)4-10-11/h4-5,9H,3,6H2,1-2H3. The Morgan fingerprint density at radius 1 is 1.75 bits per heavy atom. The number of rotatable bonds is 4. The van der Waals surface area contributed by atoms with Gasteiger partial charge in [0.05, 0.1) is 18.4 Å². The third-order valence-electron chi connectivity index (χ3n) is 1.65. The number of hydrogen-bond donors (Lipinski definition) is 1. The Bertz CT molecular complexity index is 267. The summed E-state index contributed by atoms with van der Waals surface area (Å²) in [5.74, 6) is 0.195. The molecular formula is C8H13N3O. The van der Waals surface area contributed by atoms with Crippen molar-refractivity contribution in [2.75, 3.05) is 12.4 Å². The van der Waals surface area contributed by atoms with Gasteiger partial charge in [0, 0.05) is 19.7 Å². The van der Waals surface area contributed by atoms with E-state index in [0.717, 1.165) is 5.69 Å².